The zero-order valence-corrected chi connectivity index (χ0v) is 14.2. The van der Waals surface area contributed by atoms with Crippen LogP contribution in [0.2, 0.25) is 0 Å². The van der Waals surface area contributed by atoms with Gasteiger partial charge in [-0.05, 0) is 66.6 Å². The molecule has 2 heteroatoms. The summed E-state index contributed by atoms with van der Waals surface area (Å²) in [6.07, 6.45) is 5.43. The maximum atomic E-state index is 5.86. The van der Waals surface area contributed by atoms with Gasteiger partial charge in [0.2, 0.25) is 0 Å². The van der Waals surface area contributed by atoms with Crippen LogP contribution in [0.15, 0.2) is 36.4 Å². The Morgan fingerprint density at radius 1 is 1.09 bits per heavy atom. The van der Waals surface area contributed by atoms with Crippen LogP contribution in [0.1, 0.15) is 42.0 Å². The SMILES string of the molecule is CCCc1ccc(OCCCc2cc3c(cc2C)CCO3)cc1. The lowest BCUT2D eigenvalue weighted by atomic mass is 10.00. The lowest BCUT2D eigenvalue weighted by Crippen LogP contribution is -2.01. The van der Waals surface area contributed by atoms with Gasteiger partial charge >= 0.3 is 0 Å². The topological polar surface area (TPSA) is 18.5 Å². The summed E-state index contributed by atoms with van der Waals surface area (Å²) >= 11 is 0. The molecule has 2 nitrogen and oxygen atoms in total. The molecule has 1 aliphatic rings. The molecule has 0 bridgehead atoms. The van der Waals surface area contributed by atoms with Gasteiger partial charge in [0.05, 0.1) is 13.2 Å². The predicted octanol–water partition coefficient (Wildman–Crippen LogP) is 4.89. The third-order valence-electron chi connectivity index (χ3n) is 4.47. The molecule has 0 radical (unpaired) electrons. The van der Waals surface area contributed by atoms with E-state index in [9.17, 15) is 0 Å². The van der Waals surface area contributed by atoms with Gasteiger partial charge < -0.3 is 9.47 Å². The predicted molar refractivity (Wildman–Crippen MR) is 94.6 cm³/mol. The molecule has 0 N–H and O–H groups in total. The highest BCUT2D eigenvalue weighted by atomic mass is 16.5. The van der Waals surface area contributed by atoms with E-state index in [-0.39, 0.29) is 0 Å². The van der Waals surface area contributed by atoms with E-state index in [0.717, 1.165) is 50.4 Å². The minimum absolute atomic E-state index is 0.754. The van der Waals surface area contributed by atoms with Crippen LogP contribution < -0.4 is 9.47 Å². The van der Waals surface area contributed by atoms with Crippen LogP contribution in [0, 0.1) is 6.92 Å². The van der Waals surface area contributed by atoms with Gasteiger partial charge in [0.1, 0.15) is 11.5 Å². The number of benzene rings is 2. The van der Waals surface area contributed by atoms with Crippen molar-refractivity contribution in [3.63, 3.8) is 0 Å². The van der Waals surface area contributed by atoms with E-state index in [2.05, 4.69) is 50.2 Å². The van der Waals surface area contributed by atoms with E-state index in [0.29, 0.717) is 0 Å². The first-order chi connectivity index (χ1) is 11.3. The molecule has 122 valence electrons. The number of aryl methyl sites for hydroxylation is 3. The van der Waals surface area contributed by atoms with Crippen LogP contribution in [0.3, 0.4) is 0 Å². The molecule has 0 spiro atoms. The first-order valence-corrected chi connectivity index (χ1v) is 8.73. The fourth-order valence-electron chi connectivity index (χ4n) is 3.15. The lowest BCUT2D eigenvalue weighted by molar-refractivity contribution is 0.310. The third-order valence-corrected chi connectivity index (χ3v) is 4.47. The van der Waals surface area contributed by atoms with E-state index in [1.807, 2.05) is 0 Å². The molecular formula is C21H26O2. The van der Waals surface area contributed by atoms with Crippen molar-refractivity contribution in [3.05, 3.63) is 58.7 Å². The first-order valence-electron chi connectivity index (χ1n) is 8.73. The maximum Gasteiger partial charge on any atom is 0.122 e. The van der Waals surface area contributed by atoms with Crippen LogP contribution >= 0.6 is 0 Å². The summed E-state index contributed by atoms with van der Waals surface area (Å²) in [5, 5.41) is 0. The van der Waals surface area contributed by atoms with Gasteiger partial charge in [-0.15, -0.1) is 0 Å². The fraction of sp³-hybridized carbons (Fsp3) is 0.429. The zero-order valence-electron chi connectivity index (χ0n) is 14.2. The number of hydrogen-bond acceptors (Lipinski definition) is 2. The second-order valence-corrected chi connectivity index (χ2v) is 6.33. The van der Waals surface area contributed by atoms with Gasteiger partial charge in [0, 0.05) is 6.42 Å². The summed E-state index contributed by atoms with van der Waals surface area (Å²) in [6.45, 7) is 5.98. The van der Waals surface area contributed by atoms with Gasteiger partial charge in [-0.1, -0.05) is 31.5 Å². The van der Waals surface area contributed by atoms with Crippen LogP contribution in [-0.2, 0) is 19.3 Å². The van der Waals surface area contributed by atoms with Gasteiger partial charge in [-0.2, -0.15) is 0 Å². The Balaban J connectivity index is 1.48. The monoisotopic (exact) mass is 310 g/mol. The van der Waals surface area contributed by atoms with E-state index in [4.69, 9.17) is 9.47 Å². The van der Waals surface area contributed by atoms with Crippen molar-refractivity contribution in [2.24, 2.45) is 0 Å². The second kappa shape index (κ2) is 7.54. The molecule has 0 saturated heterocycles. The Hall–Kier alpha value is -1.96. The summed E-state index contributed by atoms with van der Waals surface area (Å²) < 4.78 is 11.5. The van der Waals surface area contributed by atoms with Gasteiger partial charge in [0.15, 0.2) is 0 Å². The van der Waals surface area contributed by atoms with Gasteiger partial charge in [-0.25, -0.2) is 0 Å². The molecule has 0 amide bonds. The Kier molecular flexibility index (Phi) is 5.22. The normalized spacial score (nSPS) is 12.8. The van der Waals surface area contributed by atoms with Crippen molar-refractivity contribution in [2.45, 2.75) is 46.0 Å². The van der Waals surface area contributed by atoms with Crippen molar-refractivity contribution < 1.29 is 9.47 Å². The molecule has 2 aromatic rings. The minimum atomic E-state index is 0.754. The summed E-state index contributed by atoms with van der Waals surface area (Å²) in [6, 6.07) is 13.0. The maximum absolute atomic E-state index is 5.86. The average molecular weight is 310 g/mol. The van der Waals surface area contributed by atoms with Crippen molar-refractivity contribution in [1.82, 2.24) is 0 Å². The van der Waals surface area contributed by atoms with Crippen molar-refractivity contribution in [2.75, 3.05) is 13.2 Å². The fourth-order valence-corrected chi connectivity index (χ4v) is 3.15. The molecule has 3 rings (SSSR count). The highest BCUT2D eigenvalue weighted by Gasteiger charge is 2.14. The van der Waals surface area contributed by atoms with E-state index in [1.165, 1.54) is 28.7 Å². The van der Waals surface area contributed by atoms with Crippen LogP contribution in [0.4, 0.5) is 0 Å². The summed E-state index contributed by atoms with van der Waals surface area (Å²) in [5.41, 5.74) is 5.49. The lowest BCUT2D eigenvalue weighted by Gasteiger charge is -2.10. The smallest absolute Gasteiger partial charge is 0.122 e. The zero-order chi connectivity index (χ0) is 16.1. The molecule has 1 heterocycles. The number of fused-ring (bicyclic) bond motifs is 1. The molecule has 0 aliphatic carbocycles. The van der Waals surface area contributed by atoms with Crippen molar-refractivity contribution in [1.29, 1.82) is 0 Å². The van der Waals surface area contributed by atoms with Gasteiger partial charge in [-0.3, -0.25) is 0 Å². The summed E-state index contributed by atoms with van der Waals surface area (Å²) in [7, 11) is 0. The Morgan fingerprint density at radius 3 is 2.70 bits per heavy atom. The summed E-state index contributed by atoms with van der Waals surface area (Å²) in [4.78, 5) is 0. The van der Waals surface area contributed by atoms with E-state index < -0.39 is 0 Å². The second-order valence-electron chi connectivity index (χ2n) is 6.33. The largest absolute Gasteiger partial charge is 0.494 e. The number of hydrogen-bond donors (Lipinski definition) is 0. The van der Waals surface area contributed by atoms with Gasteiger partial charge in [0.25, 0.3) is 0 Å². The first kappa shape index (κ1) is 15.9. The highest BCUT2D eigenvalue weighted by molar-refractivity contribution is 5.44. The molecule has 0 fully saturated rings. The Morgan fingerprint density at radius 2 is 1.91 bits per heavy atom. The third kappa shape index (κ3) is 4.07. The Labute approximate surface area is 139 Å². The summed E-state index contributed by atoms with van der Waals surface area (Å²) in [5.74, 6) is 2.05. The average Bonchev–Trinajstić information content (AvgIpc) is 3.00. The Bertz CT molecular complexity index is 644. The number of rotatable bonds is 7. The van der Waals surface area contributed by atoms with Crippen LogP contribution in [-0.4, -0.2) is 13.2 Å². The molecule has 2 aromatic carbocycles. The molecule has 0 unspecified atom stereocenters. The highest BCUT2D eigenvalue weighted by Crippen LogP contribution is 2.29. The van der Waals surface area contributed by atoms with E-state index in [1.54, 1.807) is 0 Å². The molecule has 23 heavy (non-hydrogen) atoms. The molecule has 0 aromatic heterocycles. The molecule has 0 atom stereocenters. The number of ether oxygens (including phenoxy) is 2. The van der Waals surface area contributed by atoms with Crippen LogP contribution in [0.5, 0.6) is 11.5 Å². The molecular weight excluding hydrogens is 284 g/mol. The van der Waals surface area contributed by atoms with Crippen molar-refractivity contribution in [3.8, 4) is 11.5 Å². The van der Waals surface area contributed by atoms with Crippen LogP contribution in [0.25, 0.3) is 0 Å². The van der Waals surface area contributed by atoms with E-state index >= 15 is 0 Å². The quantitative estimate of drug-likeness (QED) is 0.678. The standard InChI is InChI=1S/C21H26O2/c1-3-5-17-7-9-20(10-8-17)22-12-4-6-18-15-21-19(11-13-23-21)14-16(18)2/h7-10,14-15H,3-6,11-13H2,1-2H3. The molecule has 0 saturated carbocycles. The minimum Gasteiger partial charge on any atom is -0.494 e. The molecule has 1 aliphatic heterocycles. The van der Waals surface area contributed by atoms with Crippen molar-refractivity contribution >= 4 is 0 Å².